The normalized spacial score (nSPS) is 16.0. The fraction of sp³-hybridized carbons (Fsp3) is 0.184. The number of halogens is 1. The van der Waals surface area contributed by atoms with Gasteiger partial charge in [-0.05, 0) is 46.0 Å². The summed E-state index contributed by atoms with van der Waals surface area (Å²) in [6.45, 7) is 0.758. The molecular formula is C38H34ClNO5. The summed E-state index contributed by atoms with van der Waals surface area (Å²) in [5.41, 5.74) is 5.49. The van der Waals surface area contributed by atoms with Crippen LogP contribution in [0, 0.1) is 0 Å². The first-order valence-corrected chi connectivity index (χ1v) is 15.3. The summed E-state index contributed by atoms with van der Waals surface area (Å²) in [6.07, 6.45) is -1.24. The standard InChI is InChI=1S/C38H34ClNO5/c39-37-32(20-26-10-4-1-5-11-26)34(41)21-31-33(29-16-18-30(19-17-29)44-24-27-12-6-2-7-13-27)22-40(23-35(42)36(31)37)38(43)45-25-28-14-8-3-9-15-28/h1-19,21,33,35,41-42H,20,22-25H2. The Bertz CT molecular complexity index is 1730. The van der Waals surface area contributed by atoms with Gasteiger partial charge in [0.25, 0.3) is 0 Å². The average molecular weight is 620 g/mol. The second-order valence-corrected chi connectivity index (χ2v) is 11.6. The number of aliphatic hydroxyl groups excluding tert-OH is 1. The monoisotopic (exact) mass is 619 g/mol. The highest BCUT2D eigenvalue weighted by Crippen LogP contribution is 2.44. The van der Waals surface area contributed by atoms with E-state index in [4.69, 9.17) is 21.1 Å². The minimum atomic E-state index is -1.09. The number of hydrogen-bond donors (Lipinski definition) is 2. The lowest BCUT2D eigenvalue weighted by Crippen LogP contribution is -2.36. The number of rotatable bonds is 8. The van der Waals surface area contributed by atoms with Crippen LogP contribution in [0.5, 0.6) is 11.5 Å². The molecule has 228 valence electrons. The SMILES string of the molecule is O=C(OCc1ccccc1)N1CC(O)c2c(cc(O)c(Cc3ccccc3)c2Cl)C(c2ccc(OCc3ccccc3)cc2)C1. The molecule has 1 heterocycles. The number of phenolic OH excluding ortho intramolecular Hbond substituents is 1. The van der Waals surface area contributed by atoms with Gasteiger partial charge in [-0.1, -0.05) is 115 Å². The van der Waals surface area contributed by atoms with E-state index in [2.05, 4.69) is 0 Å². The molecule has 5 aromatic carbocycles. The number of aromatic hydroxyl groups is 1. The minimum absolute atomic E-state index is 0.00926. The maximum absolute atomic E-state index is 13.4. The topological polar surface area (TPSA) is 79.2 Å². The second kappa shape index (κ2) is 13.9. The van der Waals surface area contributed by atoms with Crippen LogP contribution in [0.2, 0.25) is 5.02 Å². The van der Waals surface area contributed by atoms with E-state index in [1.165, 1.54) is 4.90 Å². The number of phenols is 1. The van der Waals surface area contributed by atoms with Gasteiger partial charge in [0.05, 0.1) is 17.7 Å². The third-order valence-electron chi connectivity index (χ3n) is 8.14. The van der Waals surface area contributed by atoms with Crippen molar-refractivity contribution in [1.29, 1.82) is 0 Å². The molecule has 0 spiro atoms. The Balaban J connectivity index is 1.32. The molecule has 6 rings (SSSR count). The summed E-state index contributed by atoms with van der Waals surface area (Å²) in [5, 5.41) is 23.1. The molecule has 1 aliphatic heterocycles. The molecule has 6 nitrogen and oxygen atoms in total. The van der Waals surface area contributed by atoms with Crippen molar-refractivity contribution in [3.63, 3.8) is 0 Å². The number of amides is 1. The molecule has 0 saturated carbocycles. The summed E-state index contributed by atoms with van der Waals surface area (Å²) in [4.78, 5) is 14.9. The predicted molar refractivity (Wildman–Crippen MR) is 175 cm³/mol. The van der Waals surface area contributed by atoms with E-state index in [0.29, 0.717) is 40.5 Å². The molecular weight excluding hydrogens is 586 g/mol. The van der Waals surface area contributed by atoms with Gasteiger partial charge >= 0.3 is 6.09 Å². The van der Waals surface area contributed by atoms with E-state index in [-0.39, 0.29) is 25.4 Å². The lowest BCUT2D eigenvalue weighted by molar-refractivity contribution is 0.0712. The van der Waals surface area contributed by atoms with Gasteiger partial charge in [0.1, 0.15) is 24.7 Å². The van der Waals surface area contributed by atoms with Crippen LogP contribution < -0.4 is 4.74 Å². The highest BCUT2D eigenvalue weighted by Gasteiger charge is 2.35. The van der Waals surface area contributed by atoms with E-state index in [9.17, 15) is 15.0 Å². The van der Waals surface area contributed by atoms with Gasteiger partial charge in [-0.2, -0.15) is 0 Å². The van der Waals surface area contributed by atoms with Gasteiger partial charge < -0.3 is 24.6 Å². The van der Waals surface area contributed by atoms with Crippen molar-refractivity contribution < 1.29 is 24.5 Å². The quantitative estimate of drug-likeness (QED) is 0.184. The lowest BCUT2D eigenvalue weighted by atomic mass is 9.85. The molecule has 2 atom stereocenters. The molecule has 0 saturated heterocycles. The number of nitrogens with zero attached hydrogens (tertiary/aromatic N) is 1. The van der Waals surface area contributed by atoms with Crippen molar-refractivity contribution in [3.05, 3.63) is 165 Å². The third-order valence-corrected chi connectivity index (χ3v) is 8.57. The first-order chi connectivity index (χ1) is 22.0. The molecule has 1 aliphatic rings. The van der Waals surface area contributed by atoms with Crippen molar-refractivity contribution in [2.75, 3.05) is 13.1 Å². The summed E-state index contributed by atoms with van der Waals surface area (Å²) in [5.74, 6) is 0.344. The van der Waals surface area contributed by atoms with Crippen LogP contribution in [0.1, 0.15) is 51.0 Å². The van der Waals surface area contributed by atoms with Crippen LogP contribution in [-0.2, 0) is 24.4 Å². The molecule has 5 aromatic rings. The average Bonchev–Trinajstić information content (AvgIpc) is 3.22. The van der Waals surface area contributed by atoms with Gasteiger partial charge in [-0.15, -0.1) is 0 Å². The summed E-state index contributed by atoms with van der Waals surface area (Å²) in [7, 11) is 0. The Hall–Kier alpha value is -4.78. The van der Waals surface area contributed by atoms with E-state index in [1.807, 2.05) is 115 Å². The number of ether oxygens (including phenoxy) is 2. The first-order valence-electron chi connectivity index (χ1n) is 14.9. The first kappa shape index (κ1) is 30.3. The molecule has 0 bridgehead atoms. The van der Waals surface area contributed by atoms with Crippen LogP contribution in [0.3, 0.4) is 0 Å². The zero-order valence-corrected chi connectivity index (χ0v) is 25.4. The Morgan fingerprint density at radius 2 is 1.36 bits per heavy atom. The van der Waals surface area contributed by atoms with E-state index < -0.39 is 18.1 Å². The Labute approximate surface area is 268 Å². The maximum atomic E-state index is 13.4. The zero-order valence-electron chi connectivity index (χ0n) is 24.7. The zero-order chi connectivity index (χ0) is 31.2. The molecule has 0 aliphatic carbocycles. The van der Waals surface area contributed by atoms with Crippen LogP contribution in [0.15, 0.2) is 121 Å². The van der Waals surface area contributed by atoms with E-state index in [1.54, 1.807) is 6.07 Å². The predicted octanol–water partition coefficient (Wildman–Crippen LogP) is 8.03. The van der Waals surface area contributed by atoms with Gasteiger partial charge in [0.15, 0.2) is 0 Å². The Kier molecular flexibility index (Phi) is 9.34. The molecule has 7 heteroatoms. The van der Waals surface area contributed by atoms with Crippen LogP contribution in [0.4, 0.5) is 4.79 Å². The number of aliphatic hydroxyl groups is 1. The van der Waals surface area contributed by atoms with Gasteiger partial charge in [-0.3, -0.25) is 0 Å². The third kappa shape index (κ3) is 7.14. The minimum Gasteiger partial charge on any atom is -0.508 e. The molecule has 1 amide bonds. The van der Waals surface area contributed by atoms with E-state index in [0.717, 1.165) is 22.3 Å². The van der Waals surface area contributed by atoms with Crippen molar-refractivity contribution >= 4 is 17.7 Å². The van der Waals surface area contributed by atoms with Crippen molar-refractivity contribution in [2.24, 2.45) is 0 Å². The van der Waals surface area contributed by atoms with Crippen LogP contribution in [0.25, 0.3) is 0 Å². The molecule has 45 heavy (non-hydrogen) atoms. The number of β-amino-alcohol motifs (C(OH)–C–C–N with tert-alkyl or cyclic N) is 1. The van der Waals surface area contributed by atoms with E-state index >= 15 is 0 Å². The number of fused-ring (bicyclic) bond motifs is 1. The second-order valence-electron chi connectivity index (χ2n) is 11.2. The lowest BCUT2D eigenvalue weighted by Gasteiger charge is -2.25. The van der Waals surface area contributed by atoms with Crippen LogP contribution >= 0.6 is 11.6 Å². The highest BCUT2D eigenvalue weighted by molar-refractivity contribution is 6.32. The number of carbonyl (C=O) groups is 1. The maximum Gasteiger partial charge on any atom is 0.410 e. The smallest absolute Gasteiger partial charge is 0.410 e. The van der Waals surface area contributed by atoms with Gasteiger partial charge in [-0.25, -0.2) is 4.79 Å². The number of benzene rings is 5. The molecule has 0 aromatic heterocycles. The molecule has 2 N–H and O–H groups in total. The van der Waals surface area contributed by atoms with Gasteiger partial charge in [0.2, 0.25) is 0 Å². The van der Waals surface area contributed by atoms with Crippen molar-refractivity contribution in [1.82, 2.24) is 4.90 Å². The largest absolute Gasteiger partial charge is 0.508 e. The Morgan fingerprint density at radius 1 is 0.778 bits per heavy atom. The summed E-state index contributed by atoms with van der Waals surface area (Å²) >= 11 is 7.02. The molecule has 2 unspecified atom stereocenters. The highest BCUT2D eigenvalue weighted by atomic mass is 35.5. The molecule has 0 radical (unpaired) electrons. The van der Waals surface area contributed by atoms with Crippen molar-refractivity contribution in [3.8, 4) is 11.5 Å². The Morgan fingerprint density at radius 3 is 1.98 bits per heavy atom. The van der Waals surface area contributed by atoms with Crippen molar-refractivity contribution in [2.45, 2.75) is 31.7 Å². The van der Waals surface area contributed by atoms with Gasteiger partial charge in [0, 0.05) is 30.0 Å². The number of carbonyl (C=O) groups excluding carboxylic acids is 1. The fourth-order valence-electron chi connectivity index (χ4n) is 5.78. The number of hydrogen-bond acceptors (Lipinski definition) is 5. The fourth-order valence-corrected chi connectivity index (χ4v) is 6.18. The summed E-state index contributed by atoms with van der Waals surface area (Å²) < 4.78 is 11.7. The molecule has 0 fully saturated rings. The summed E-state index contributed by atoms with van der Waals surface area (Å²) in [6, 6.07) is 38.5. The van der Waals surface area contributed by atoms with Crippen LogP contribution in [-0.4, -0.2) is 34.3 Å².